The number of methoxy groups -OCH3 is 2. The van der Waals surface area contributed by atoms with Gasteiger partial charge in [-0.1, -0.05) is 18.2 Å². The Bertz CT molecular complexity index is 1270. The van der Waals surface area contributed by atoms with Crippen molar-refractivity contribution in [1.82, 2.24) is 4.98 Å². The molecule has 158 valence electrons. The third-order valence-corrected chi connectivity index (χ3v) is 5.21. The van der Waals surface area contributed by atoms with Crippen LogP contribution in [-0.2, 0) is 0 Å². The molecule has 3 aromatic carbocycles. The van der Waals surface area contributed by atoms with E-state index in [4.69, 9.17) is 13.9 Å². The van der Waals surface area contributed by atoms with E-state index in [0.717, 1.165) is 33.4 Å². The van der Waals surface area contributed by atoms with Crippen molar-refractivity contribution in [2.75, 3.05) is 19.5 Å². The van der Waals surface area contributed by atoms with Crippen LogP contribution in [0.5, 0.6) is 11.5 Å². The van der Waals surface area contributed by atoms with Gasteiger partial charge in [0.15, 0.2) is 5.58 Å². The van der Waals surface area contributed by atoms with Gasteiger partial charge in [0.2, 0.25) is 5.89 Å². The number of nitrogens with zero attached hydrogens (tertiary/aromatic N) is 1. The van der Waals surface area contributed by atoms with E-state index in [1.807, 2.05) is 45.0 Å². The SMILES string of the molecule is COc1cccc(OC)c1C(=O)Nc1cc(-c2nc3cc(C)cc(C)c3o2)ccc1C. The Morgan fingerprint density at radius 2 is 1.65 bits per heavy atom. The first-order valence-electron chi connectivity index (χ1n) is 9.92. The Labute approximate surface area is 180 Å². The van der Waals surface area contributed by atoms with Crippen molar-refractivity contribution in [2.45, 2.75) is 20.8 Å². The van der Waals surface area contributed by atoms with Crippen LogP contribution < -0.4 is 14.8 Å². The Hall–Kier alpha value is -3.80. The van der Waals surface area contributed by atoms with Gasteiger partial charge in [-0.05, 0) is 67.8 Å². The van der Waals surface area contributed by atoms with Crippen LogP contribution in [0, 0.1) is 20.8 Å². The van der Waals surface area contributed by atoms with Crippen LogP contribution in [0.1, 0.15) is 27.0 Å². The van der Waals surface area contributed by atoms with Crippen molar-refractivity contribution in [3.63, 3.8) is 0 Å². The fraction of sp³-hybridized carbons (Fsp3) is 0.200. The third-order valence-electron chi connectivity index (χ3n) is 5.21. The fourth-order valence-electron chi connectivity index (χ4n) is 3.65. The van der Waals surface area contributed by atoms with Gasteiger partial charge in [0, 0.05) is 11.3 Å². The number of aromatic nitrogens is 1. The fourth-order valence-corrected chi connectivity index (χ4v) is 3.65. The summed E-state index contributed by atoms with van der Waals surface area (Å²) in [6.07, 6.45) is 0. The summed E-state index contributed by atoms with van der Waals surface area (Å²) < 4.78 is 16.8. The van der Waals surface area contributed by atoms with Gasteiger partial charge in [-0.15, -0.1) is 0 Å². The van der Waals surface area contributed by atoms with Crippen LogP contribution in [0.2, 0.25) is 0 Å². The number of carbonyl (C=O) groups is 1. The smallest absolute Gasteiger partial charge is 0.263 e. The molecule has 4 rings (SSSR count). The summed E-state index contributed by atoms with van der Waals surface area (Å²) in [6.45, 7) is 5.97. The lowest BCUT2D eigenvalue weighted by molar-refractivity contribution is 0.102. The molecule has 31 heavy (non-hydrogen) atoms. The maximum absolute atomic E-state index is 13.1. The van der Waals surface area contributed by atoms with Crippen LogP contribution >= 0.6 is 0 Å². The number of oxazole rings is 1. The number of ether oxygens (including phenoxy) is 2. The van der Waals surface area contributed by atoms with Crippen LogP contribution in [0.4, 0.5) is 5.69 Å². The molecule has 0 saturated heterocycles. The standard InChI is InChI=1S/C25H24N2O4/c1-14-11-16(3)23-19(12-14)27-25(31-23)17-10-9-15(2)18(13-17)26-24(28)22-20(29-4)7-6-8-21(22)30-5/h6-13H,1-5H3,(H,26,28). The highest BCUT2D eigenvalue weighted by atomic mass is 16.5. The van der Waals surface area contributed by atoms with E-state index in [1.54, 1.807) is 18.2 Å². The van der Waals surface area contributed by atoms with Gasteiger partial charge in [0.1, 0.15) is 22.6 Å². The van der Waals surface area contributed by atoms with Crippen LogP contribution in [0.15, 0.2) is 52.9 Å². The molecule has 0 fully saturated rings. The number of rotatable bonds is 5. The molecule has 0 aliphatic carbocycles. The second kappa shape index (κ2) is 8.14. The molecule has 1 heterocycles. The van der Waals surface area contributed by atoms with Crippen molar-refractivity contribution >= 4 is 22.7 Å². The van der Waals surface area contributed by atoms with E-state index < -0.39 is 0 Å². The normalized spacial score (nSPS) is 10.9. The van der Waals surface area contributed by atoms with Gasteiger partial charge in [-0.3, -0.25) is 4.79 Å². The molecular weight excluding hydrogens is 392 g/mol. The second-order valence-corrected chi connectivity index (χ2v) is 7.47. The Morgan fingerprint density at radius 1 is 0.935 bits per heavy atom. The molecular formula is C25H24N2O4. The van der Waals surface area contributed by atoms with Crippen molar-refractivity contribution in [2.24, 2.45) is 0 Å². The molecule has 6 nitrogen and oxygen atoms in total. The Morgan fingerprint density at radius 3 is 2.32 bits per heavy atom. The van der Waals surface area contributed by atoms with E-state index in [-0.39, 0.29) is 5.91 Å². The molecule has 0 unspecified atom stereocenters. The minimum atomic E-state index is -0.321. The number of hydrogen-bond acceptors (Lipinski definition) is 5. The first-order valence-corrected chi connectivity index (χ1v) is 9.92. The summed E-state index contributed by atoms with van der Waals surface area (Å²) in [5, 5.41) is 2.97. The lowest BCUT2D eigenvalue weighted by Gasteiger charge is -2.14. The zero-order valence-corrected chi connectivity index (χ0v) is 18.2. The molecule has 0 radical (unpaired) electrons. The van der Waals surface area contributed by atoms with Crippen LogP contribution in [0.25, 0.3) is 22.6 Å². The van der Waals surface area contributed by atoms with E-state index in [0.29, 0.717) is 28.6 Å². The number of anilines is 1. The van der Waals surface area contributed by atoms with Gasteiger partial charge in [-0.25, -0.2) is 4.98 Å². The number of amides is 1. The lowest BCUT2D eigenvalue weighted by atomic mass is 10.1. The lowest BCUT2D eigenvalue weighted by Crippen LogP contribution is -2.15. The minimum absolute atomic E-state index is 0.321. The van der Waals surface area contributed by atoms with Crippen molar-refractivity contribution in [3.8, 4) is 23.0 Å². The first-order chi connectivity index (χ1) is 14.9. The maximum atomic E-state index is 13.1. The van der Waals surface area contributed by atoms with Gasteiger partial charge < -0.3 is 19.2 Å². The van der Waals surface area contributed by atoms with E-state index >= 15 is 0 Å². The third kappa shape index (κ3) is 3.84. The summed E-state index contributed by atoms with van der Waals surface area (Å²) in [4.78, 5) is 17.7. The van der Waals surface area contributed by atoms with Gasteiger partial charge in [-0.2, -0.15) is 0 Å². The van der Waals surface area contributed by atoms with Gasteiger partial charge >= 0.3 is 0 Å². The van der Waals surface area contributed by atoms with E-state index in [1.165, 1.54) is 14.2 Å². The predicted molar refractivity (Wildman–Crippen MR) is 121 cm³/mol. The molecule has 4 aromatic rings. The molecule has 0 bridgehead atoms. The Kier molecular flexibility index (Phi) is 5.38. The number of hydrogen-bond donors (Lipinski definition) is 1. The minimum Gasteiger partial charge on any atom is -0.496 e. The van der Waals surface area contributed by atoms with Crippen molar-refractivity contribution in [3.05, 3.63) is 70.8 Å². The van der Waals surface area contributed by atoms with Gasteiger partial charge in [0.05, 0.1) is 14.2 Å². The van der Waals surface area contributed by atoms with Crippen molar-refractivity contribution in [1.29, 1.82) is 0 Å². The number of aryl methyl sites for hydroxylation is 3. The molecule has 0 aliphatic rings. The Balaban J connectivity index is 1.71. The number of carbonyl (C=O) groups excluding carboxylic acids is 1. The average Bonchev–Trinajstić information content (AvgIpc) is 3.19. The second-order valence-electron chi connectivity index (χ2n) is 7.47. The highest BCUT2D eigenvalue weighted by Crippen LogP contribution is 2.32. The van der Waals surface area contributed by atoms with E-state index in [9.17, 15) is 4.79 Å². The highest BCUT2D eigenvalue weighted by molar-refractivity contribution is 6.08. The van der Waals surface area contributed by atoms with E-state index in [2.05, 4.69) is 16.4 Å². The summed E-state index contributed by atoms with van der Waals surface area (Å²) in [6, 6.07) is 15.0. The largest absolute Gasteiger partial charge is 0.496 e. The first kappa shape index (κ1) is 20.5. The van der Waals surface area contributed by atoms with Crippen molar-refractivity contribution < 1.29 is 18.7 Å². The molecule has 0 saturated carbocycles. The maximum Gasteiger partial charge on any atom is 0.263 e. The summed E-state index contributed by atoms with van der Waals surface area (Å²) in [5.74, 6) is 1.07. The molecule has 1 aromatic heterocycles. The molecule has 1 N–H and O–H groups in total. The van der Waals surface area contributed by atoms with Crippen LogP contribution in [-0.4, -0.2) is 25.1 Å². The quantitative estimate of drug-likeness (QED) is 0.452. The highest BCUT2D eigenvalue weighted by Gasteiger charge is 2.20. The molecule has 6 heteroatoms. The molecule has 0 aliphatic heterocycles. The number of fused-ring (bicyclic) bond motifs is 1. The monoisotopic (exact) mass is 416 g/mol. The van der Waals surface area contributed by atoms with Gasteiger partial charge in [0.25, 0.3) is 5.91 Å². The topological polar surface area (TPSA) is 73.6 Å². The average molecular weight is 416 g/mol. The summed E-state index contributed by atoms with van der Waals surface area (Å²) in [7, 11) is 3.04. The zero-order valence-electron chi connectivity index (χ0n) is 18.2. The number of nitrogens with one attached hydrogen (secondary N) is 1. The molecule has 0 atom stereocenters. The number of benzene rings is 3. The predicted octanol–water partition coefficient (Wildman–Crippen LogP) is 5.69. The zero-order chi connectivity index (χ0) is 22.1. The van der Waals surface area contributed by atoms with Crippen LogP contribution in [0.3, 0.4) is 0 Å². The summed E-state index contributed by atoms with van der Waals surface area (Å²) in [5.41, 5.74) is 6.44. The molecule has 0 spiro atoms. The molecule has 1 amide bonds. The summed E-state index contributed by atoms with van der Waals surface area (Å²) >= 11 is 0.